The van der Waals surface area contributed by atoms with E-state index in [4.69, 9.17) is 4.84 Å². The largest absolute Gasteiger partial charge is 0.416 e. The van der Waals surface area contributed by atoms with Crippen molar-refractivity contribution in [3.63, 3.8) is 0 Å². The number of rotatable bonds is 4. The monoisotopic (exact) mass is 402 g/mol. The first-order chi connectivity index (χ1) is 13.8. The Morgan fingerprint density at radius 3 is 2.66 bits per heavy atom. The molecule has 10 heteroatoms. The van der Waals surface area contributed by atoms with Crippen molar-refractivity contribution in [1.29, 1.82) is 0 Å². The Balaban J connectivity index is 1.91. The normalized spacial score (nSPS) is 13.7. The summed E-state index contributed by atoms with van der Waals surface area (Å²) in [5, 5.41) is 9.81. The van der Waals surface area contributed by atoms with E-state index in [1.54, 1.807) is 43.1 Å². The minimum absolute atomic E-state index is 0.110. The van der Waals surface area contributed by atoms with Gasteiger partial charge in [-0.15, -0.1) is 10.2 Å². The molecule has 0 aliphatic carbocycles. The van der Waals surface area contributed by atoms with Crippen LogP contribution in [0.1, 0.15) is 28.5 Å². The first kappa shape index (κ1) is 19.2. The van der Waals surface area contributed by atoms with Gasteiger partial charge in [-0.1, -0.05) is 6.07 Å². The summed E-state index contributed by atoms with van der Waals surface area (Å²) in [7, 11) is 3.46. The van der Waals surface area contributed by atoms with Crippen molar-refractivity contribution >= 4 is 5.71 Å². The summed E-state index contributed by atoms with van der Waals surface area (Å²) in [6, 6.07) is 8.76. The molecule has 0 unspecified atom stereocenters. The van der Waals surface area contributed by atoms with E-state index in [9.17, 15) is 13.2 Å². The van der Waals surface area contributed by atoms with E-state index in [2.05, 4.69) is 20.2 Å². The van der Waals surface area contributed by atoms with Crippen LogP contribution in [0.3, 0.4) is 0 Å². The lowest BCUT2D eigenvalue weighted by Gasteiger charge is -2.16. The molecule has 0 bridgehead atoms. The molecule has 0 saturated carbocycles. The van der Waals surface area contributed by atoms with Crippen molar-refractivity contribution in [1.82, 2.24) is 24.8 Å². The zero-order chi connectivity index (χ0) is 20.6. The lowest BCUT2D eigenvalue weighted by atomic mass is 10.0. The summed E-state index contributed by atoms with van der Waals surface area (Å²) in [6.07, 6.45) is -2.91. The number of fused-ring (bicyclic) bond motifs is 3. The Morgan fingerprint density at radius 1 is 1.14 bits per heavy atom. The van der Waals surface area contributed by atoms with Crippen molar-refractivity contribution in [3.05, 3.63) is 71.1 Å². The van der Waals surface area contributed by atoms with E-state index >= 15 is 0 Å². The molecule has 0 saturated heterocycles. The van der Waals surface area contributed by atoms with Gasteiger partial charge in [-0.2, -0.15) is 18.2 Å². The third-order valence-electron chi connectivity index (χ3n) is 4.35. The maximum Gasteiger partial charge on any atom is 0.416 e. The molecule has 4 rings (SSSR count). The van der Waals surface area contributed by atoms with Crippen molar-refractivity contribution in [2.45, 2.75) is 19.3 Å². The highest BCUT2D eigenvalue weighted by Gasteiger charge is 2.33. The number of pyridine rings is 1. The Hall–Kier alpha value is -3.11. The van der Waals surface area contributed by atoms with Crippen molar-refractivity contribution in [2.75, 3.05) is 14.1 Å². The first-order valence-electron chi connectivity index (χ1n) is 8.76. The van der Waals surface area contributed by atoms with Gasteiger partial charge in [0.25, 0.3) is 0 Å². The van der Waals surface area contributed by atoms with Crippen LogP contribution < -0.4 is 0 Å². The summed E-state index contributed by atoms with van der Waals surface area (Å²) >= 11 is 0. The van der Waals surface area contributed by atoms with Crippen molar-refractivity contribution < 1.29 is 18.0 Å². The summed E-state index contributed by atoms with van der Waals surface area (Å²) in [5.41, 5.74) is 0.900. The number of hydrogen-bond acceptors (Lipinski definition) is 6. The molecule has 1 aromatic carbocycles. The fraction of sp³-hybridized carbons (Fsp3) is 0.263. The van der Waals surface area contributed by atoms with E-state index in [0.717, 1.165) is 12.1 Å². The second kappa shape index (κ2) is 7.37. The highest BCUT2D eigenvalue weighted by molar-refractivity contribution is 6.14. The molecule has 3 heterocycles. The van der Waals surface area contributed by atoms with Crippen LogP contribution in [0.2, 0.25) is 0 Å². The van der Waals surface area contributed by atoms with Gasteiger partial charge in [0.15, 0.2) is 11.6 Å². The van der Waals surface area contributed by atoms with Gasteiger partial charge in [-0.25, -0.2) is 0 Å². The van der Waals surface area contributed by atoms with Crippen LogP contribution in [0.4, 0.5) is 13.2 Å². The molecule has 0 N–H and O–H groups in total. The number of aromatic nitrogens is 4. The highest BCUT2D eigenvalue weighted by Crippen LogP contribution is 2.34. The number of nitrogens with zero attached hydrogens (tertiary/aromatic N) is 6. The third-order valence-corrected chi connectivity index (χ3v) is 4.35. The number of benzene rings is 1. The fourth-order valence-corrected chi connectivity index (χ4v) is 3.07. The summed E-state index contributed by atoms with van der Waals surface area (Å²) in [4.78, 5) is 14.3. The molecular weight excluding hydrogens is 385 g/mol. The Kier molecular flexibility index (Phi) is 4.89. The van der Waals surface area contributed by atoms with Crippen molar-refractivity contribution in [2.24, 2.45) is 4.99 Å². The average Bonchev–Trinajstić information content (AvgIpc) is 3.01. The van der Waals surface area contributed by atoms with E-state index in [1.807, 2.05) is 0 Å². The maximum atomic E-state index is 13.4. The van der Waals surface area contributed by atoms with Gasteiger partial charge >= 0.3 is 6.18 Å². The number of aliphatic imine (C=N–C) groups is 1. The van der Waals surface area contributed by atoms with Gasteiger partial charge in [0, 0.05) is 25.9 Å². The molecule has 0 radical (unpaired) electrons. The summed E-state index contributed by atoms with van der Waals surface area (Å²) in [6.45, 7) is 0.260. The molecule has 29 heavy (non-hydrogen) atoms. The van der Waals surface area contributed by atoms with Gasteiger partial charge in [0.05, 0.1) is 22.7 Å². The maximum absolute atomic E-state index is 13.4. The molecule has 1 aliphatic rings. The molecule has 0 fully saturated rings. The highest BCUT2D eigenvalue weighted by atomic mass is 19.4. The average molecular weight is 402 g/mol. The number of hydrogen-bond donors (Lipinski definition) is 0. The quantitative estimate of drug-likeness (QED) is 0.628. The van der Waals surface area contributed by atoms with Crippen LogP contribution >= 0.6 is 0 Å². The van der Waals surface area contributed by atoms with Crippen LogP contribution in [0, 0.1) is 0 Å². The molecule has 3 aromatic rings. The molecule has 2 aromatic heterocycles. The Morgan fingerprint density at radius 2 is 1.97 bits per heavy atom. The molecule has 1 aliphatic heterocycles. The topological polar surface area (TPSA) is 68.4 Å². The Bertz CT molecular complexity index is 1060. The second-order valence-corrected chi connectivity index (χ2v) is 6.56. The van der Waals surface area contributed by atoms with Gasteiger partial charge in [0.1, 0.15) is 13.2 Å². The summed E-state index contributed by atoms with van der Waals surface area (Å²) < 4.78 is 41.9. The van der Waals surface area contributed by atoms with Crippen molar-refractivity contribution in [3.8, 4) is 5.69 Å². The van der Waals surface area contributed by atoms with Crippen LogP contribution in [0.15, 0.2) is 47.6 Å². The second-order valence-electron chi connectivity index (χ2n) is 6.56. The lowest BCUT2D eigenvalue weighted by molar-refractivity contribution is -0.137. The number of alkyl halides is 3. The van der Waals surface area contributed by atoms with E-state index < -0.39 is 11.7 Å². The zero-order valence-electron chi connectivity index (χ0n) is 15.7. The molecular formula is C19H17F3N6O. The third kappa shape index (κ3) is 3.76. The molecule has 150 valence electrons. The lowest BCUT2D eigenvalue weighted by Crippen LogP contribution is -2.16. The van der Waals surface area contributed by atoms with Gasteiger partial charge in [0.2, 0.25) is 0 Å². The molecule has 7 nitrogen and oxygen atoms in total. The van der Waals surface area contributed by atoms with Gasteiger partial charge < -0.3 is 0 Å². The molecule has 0 atom stereocenters. The van der Waals surface area contributed by atoms with E-state index in [0.29, 0.717) is 34.3 Å². The summed E-state index contributed by atoms with van der Waals surface area (Å²) in [5.74, 6) is 0.974. The van der Waals surface area contributed by atoms with Crippen LogP contribution in [0.5, 0.6) is 0 Å². The predicted octanol–water partition coefficient (Wildman–Crippen LogP) is 3.03. The standard InChI is InChI=1S/C19H17F3N6O/c1-27(2)29-11-17-26-25-16-10-24-18(14-5-3-4-8-23-14)13-9-12(19(20,21)22)6-7-15(13)28(16)17/h3-9H,10-11H2,1-2H3. The molecule has 0 spiro atoms. The number of halogens is 3. The van der Waals surface area contributed by atoms with Gasteiger partial charge in [-0.3, -0.25) is 19.4 Å². The van der Waals surface area contributed by atoms with Crippen LogP contribution in [-0.2, 0) is 24.2 Å². The minimum atomic E-state index is -4.48. The predicted molar refractivity (Wildman–Crippen MR) is 98.4 cm³/mol. The first-order valence-corrected chi connectivity index (χ1v) is 8.76. The Labute approximate surface area is 164 Å². The number of hydroxylamine groups is 2. The SMILES string of the molecule is CN(C)OCc1nnc2n1-c1ccc(C(F)(F)F)cc1C(c1ccccn1)=NC2. The minimum Gasteiger partial charge on any atom is -0.291 e. The molecule has 0 amide bonds. The fourth-order valence-electron chi connectivity index (χ4n) is 3.07. The zero-order valence-corrected chi connectivity index (χ0v) is 15.7. The van der Waals surface area contributed by atoms with Gasteiger partial charge in [-0.05, 0) is 30.3 Å². The smallest absolute Gasteiger partial charge is 0.291 e. The van der Waals surface area contributed by atoms with E-state index in [1.165, 1.54) is 11.1 Å². The van der Waals surface area contributed by atoms with E-state index in [-0.39, 0.29) is 13.2 Å². The van der Waals surface area contributed by atoms with Crippen LogP contribution in [-0.4, -0.2) is 44.6 Å². The van der Waals surface area contributed by atoms with Crippen LogP contribution in [0.25, 0.3) is 5.69 Å².